The number of hydrogen-bond donors (Lipinski definition) is 1. The van der Waals surface area contributed by atoms with Crippen molar-refractivity contribution in [3.63, 3.8) is 0 Å². The normalized spacial score (nSPS) is 11.0. The van der Waals surface area contributed by atoms with Crippen LogP contribution in [0.5, 0.6) is 11.5 Å². The first kappa shape index (κ1) is 22.2. The molecule has 0 unspecified atom stereocenters. The third kappa shape index (κ3) is 4.76. The summed E-state index contributed by atoms with van der Waals surface area (Å²) in [6, 6.07) is 21.7. The zero-order valence-electron chi connectivity index (χ0n) is 18.0. The van der Waals surface area contributed by atoms with Crippen molar-refractivity contribution in [3.05, 3.63) is 88.4 Å². The molecule has 1 heterocycles. The number of ether oxygens (including phenoxy) is 2. The number of nitrogens with one attached hydrogen (secondary N) is 1. The molecule has 1 N–H and O–H groups in total. The van der Waals surface area contributed by atoms with Gasteiger partial charge in [-0.05, 0) is 29.7 Å². The summed E-state index contributed by atoms with van der Waals surface area (Å²) in [4.78, 5) is 4.90. The molecule has 0 aliphatic rings. The van der Waals surface area contributed by atoms with Gasteiger partial charge >= 0.3 is 0 Å². The molecule has 0 saturated carbocycles. The van der Waals surface area contributed by atoms with Crippen LogP contribution in [-0.2, 0) is 13.0 Å². The van der Waals surface area contributed by atoms with Gasteiger partial charge in [0, 0.05) is 22.2 Å². The Labute approximate surface area is 196 Å². The predicted molar refractivity (Wildman–Crippen MR) is 130 cm³/mol. The van der Waals surface area contributed by atoms with Crippen LogP contribution in [-0.4, -0.2) is 29.5 Å². The maximum Gasteiger partial charge on any atom is 0.170 e. The summed E-state index contributed by atoms with van der Waals surface area (Å²) in [5.41, 5.74) is 3.28. The van der Waals surface area contributed by atoms with Gasteiger partial charge in [0.1, 0.15) is 5.49 Å². The fraction of sp³-hybridized carbons (Fsp3) is 0.200. The van der Waals surface area contributed by atoms with Gasteiger partial charge in [-0.1, -0.05) is 71.9 Å². The number of aryl methyl sites for hydroxylation is 1. The highest BCUT2D eigenvalue weighted by atomic mass is 35.5. The van der Waals surface area contributed by atoms with E-state index in [1.165, 1.54) is 5.56 Å². The van der Waals surface area contributed by atoms with E-state index in [0.717, 1.165) is 22.9 Å². The number of aromatic nitrogens is 2. The van der Waals surface area contributed by atoms with Crippen molar-refractivity contribution in [1.29, 1.82) is 5.41 Å². The lowest BCUT2D eigenvalue weighted by molar-refractivity contribution is 0.355. The molecule has 7 heteroatoms. The van der Waals surface area contributed by atoms with Crippen molar-refractivity contribution in [2.24, 2.45) is 0 Å². The Morgan fingerprint density at radius 3 is 2.38 bits per heavy atom. The number of benzene rings is 3. The van der Waals surface area contributed by atoms with Crippen molar-refractivity contribution >= 4 is 34.3 Å². The van der Waals surface area contributed by atoms with Crippen LogP contribution in [0.25, 0.3) is 10.9 Å². The van der Waals surface area contributed by atoms with E-state index in [1.54, 1.807) is 26.0 Å². The van der Waals surface area contributed by atoms with Gasteiger partial charge in [0.2, 0.25) is 0 Å². The van der Waals surface area contributed by atoms with Crippen LogP contribution in [0.2, 0.25) is 5.02 Å². The topological polar surface area (TPSA) is 60.1 Å². The molecule has 5 nitrogen and oxygen atoms in total. The van der Waals surface area contributed by atoms with Crippen molar-refractivity contribution in [1.82, 2.24) is 9.55 Å². The molecule has 0 fully saturated rings. The molecule has 0 bridgehead atoms. The van der Waals surface area contributed by atoms with Crippen LogP contribution in [0.3, 0.4) is 0 Å². The molecular weight excluding hydrogens is 442 g/mol. The van der Waals surface area contributed by atoms with E-state index in [4.69, 9.17) is 31.5 Å². The number of thioether (sulfide) groups is 1. The highest BCUT2D eigenvalue weighted by Crippen LogP contribution is 2.31. The molecule has 0 aliphatic heterocycles. The van der Waals surface area contributed by atoms with Crippen LogP contribution >= 0.6 is 23.4 Å². The number of rotatable bonds is 8. The molecule has 0 spiro atoms. The molecule has 164 valence electrons. The lowest BCUT2D eigenvalue weighted by Gasteiger charge is -2.17. The van der Waals surface area contributed by atoms with Gasteiger partial charge in [-0.15, -0.1) is 0 Å². The molecule has 0 saturated heterocycles. The minimum Gasteiger partial charge on any atom is -0.493 e. The van der Waals surface area contributed by atoms with E-state index in [2.05, 4.69) is 12.1 Å². The molecule has 32 heavy (non-hydrogen) atoms. The Hall–Kier alpha value is -2.96. The van der Waals surface area contributed by atoms with Gasteiger partial charge in [-0.3, -0.25) is 5.41 Å². The van der Waals surface area contributed by atoms with E-state index in [0.29, 0.717) is 39.5 Å². The molecule has 4 aromatic rings. The summed E-state index contributed by atoms with van der Waals surface area (Å²) < 4.78 is 12.8. The monoisotopic (exact) mass is 465 g/mol. The molecule has 0 radical (unpaired) electrons. The molecule has 3 aromatic carbocycles. The van der Waals surface area contributed by atoms with Gasteiger partial charge in [-0.25, -0.2) is 4.98 Å². The number of nitrogens with zero attached hydrogens (tertiary/aromatic N) is 2. The van der Waals surface area contributed by atoms with Crippen LogP contribution in [0.4, 0.5) is 0 Å². The third-order valence-corrected chi connectivity index (χ3v) is 6.57. The predicted octanol–water partition coefficient (Wildman–Crippen LogP) is 5.57. The van der Waals surface area contributed by atoms with E-state index < -0.39 is 0 Å². The van der Waals surface area contributed by atoms with E-state index in [1.807, 2.05) is 59.2 Å². The lowest BCUT2D eigenvalue weighted by Crippen LogP contribution is -2.24. The van der Waals surface area contributed by atoms with Crippen molar-refractivity contribution in [3.8, 4) is 11.5 Å². The van der Waals surface area contributed by atoms with E-state index in [-0.39, 0.29) is 0 Å². The Bertz CT molecular complexity index is 1290. The Kier molecular flexibility index (Phi) is 7.02. The van der Waals surface area contributed by atoms with Crippen LogP contribution in [0.15, 0.2) is 71.9 Å². The SMILES string of the molecule is COc1cc2nc(SCCc3ccccc3)n(Cc3ccccc3Cl)c(=N)c2cc1OC. The molecule has 1 aromatic heterocycles. The fourth-order valence-electron chi connectivity index (χ4n) is 3.51. The first-order valence-corrected chi connectivity index (χ1v) is 11.6. The summed E-state index contributed by atoms with van der Waals surface area (Å²) in [7, 11) is 3.19. The fourth-order valence-corrected chi connectivity index (χ4v) is 4.70. The molecular formula is C25H24ClN3O2S. The number of halogens is 1. The Balaban J connectivity index is 1.77. The zero-order chi connectivity index (χ0) is 22.5. The number of hydrogen-bond acceptors (Lipinski definition) is 5. The van der Waals surface area contributed by atoms with Gasteiger partial charge < -0.3 is 14.0 Å². The summed E-state index contributed by atoms with van der Waals surface area (Å²) in [5.74, 6) is 2.01. The van der Waals surface area contributed by atoms with Gasteiger partial charge in [0.15, 0.2) is 16.7 Å². The van der Waals surface area contributed by atoms with Gasteiger partial charge in [0.25, 0.3) is 0 Å². The van der Waals surface area contributed by atoms with Gasteiger partial charge in [-0.2, -0.15) is 0 Å². The minimum atomic E-state index is 0.359. The largest absolute Gasteiger partial charge is 0.493 e. The summed E-state index contributed by atoms with van der Waals surface area (Å²) in [6.45, 7) is 0.462. The molecule has 0 amide bonds. The lowest BCUT2D eigenvalue weighted by atomic mass is 10.2. The smallest absolute Gasteiger partial charge is 0.170 e. The average molecular weight is 466 g/mol. The average Bonchev–Trinajstić information content (AvgIpc) is 2.82. The van der Waals surface area contributed by atoms with Crippen LogP contribution in [0, 0.1) is 5.41 Å². The summed E-state index contributed by atoms with van der Waals surface area (Å²) in [6.07, 6.45) is 0.913. The highest BCUT2D eigenvalue weighted by Gasteiger charge is 2.15. The standard InChI is InChI=1S/C25H24ClN3O2S/c1-30-22-14-19-21(15-23(22)31-2)28-25(32-13-12-17-8-4-3-5-9-17)29(24(19)27)16-18-10-6-7-11-20(18)26/h3-11,14-15,27H,12-13,16H2,1-2H3. The second-order valence-electron chi connectivity index (χ2n) is 7.23. The van der Waals surface area contributed by atoms with Gasteiger partial charge in [0.05, 0.1) is 26.3 Å². The number of fused-ring (bicyclic) bond motifs is 1. The number of methoxy groups -OCH3 is 2. The van der Waals surface area contributed by atoms with E-state index >= 15 is 0 Å². The quantitative estimate of drug-likeness (QED) is 0.273. The zero-order valence-corrected chi connectivity index (χ0v) is 19.5. The first-order chi connectivity index (χ1) is 15.6. The Morgan fingerprint density at radius 1 is 0.969 bits per heavy atom. The highest BCUT2D eigenvalue weighted by molar-refractivity contribution is 7.99. The second kappa shape index (κ2) is 10.1. The van der Waals surface area contributed by atoms with E-state index in [9.17, 15) is 0 Å². The molecule has 0 aliphatic carbocycles. The van der Waals surface area contributed by atoms with Crippen molar-refractivity contribution in [2.75, 3.05) is 20.0 Å². The first-order valence-electron chi connectivity index (χ1n) is 10.2. The second-order valence-corrected chi connectivity index (χ2v) is 8.70. The van der Waals surface area contributed by atoms with Crippen LogP contribution in [0.1, 0.15) is 11.1 Å². The maximum atomic E-state index is 8.97. The van der Waals surface area contributed by atoms with Crippen LogP contribution < -0.4 is 15.0 Å². The summed E-state index contributed by atoms with van der Waals surface area (Å²) in [5, 5.41) is 11.1. The minimum absolute atomic E-state index is 0.359. The van der Waals surface area contributed by atoms with Crippen molar-refractivity contribution in [2.45, 2.75) is 18.1 Å². The molecule has 0 atom stereocenters. The summed E-state index contributed by atoms with van der Waals surface area (Å²) >= 11 is 8.07. The Morgan fingerprint density at radius 2 is 1.66 bits per heavy atom. The third-order valence-electron chi connectivity index (χ3n) is 5.22. The van der Waals surface area contributed by atoms with Crippen molar-refractivity contribution < 1.29 is 9.47 Å². The molecule has 4 rings (SSSR count). The maximum absolute atomic E-state index is 8.97.